The molecule has 0 aromatic heterocycles. The second-order valence-electron chi connectivity index (χ2n) is 5.07. The van der Waals surface area contributed by atoms with E-state index >= 15 is 0 Å². The van der Waals surface area contributed by atoms with E-state index < -0.39 is 0 Å². The number of carbonyl (C=O) groups excluding carboxylic acids is 1. The predicted molar refractivity (Wildman–Crippen MR) is 69.5 cm³/mol. The maximum atomic E-state index is 11.8. The van der Waals surface area contributed by atoms with Gasteiger partial charge in [-0.2, -0.15) is 0 Å². The lowest BCUT2D eigenvalue weighted by Crippen LogP contribution is -2.38. The molecule has 1 aromatic carbocycles. The lowest BCUT2D eigenvalue weighted by Gasteiger charge is -2.22. The van der Waals surface area contributed by atoms with Gasteiger partial charge in [0.05, 0.1) is 0 Å². The van der Waals surface area contributed by atoms with Gasteiger partial charge in [-0.05, 0) is 25.0 Å². The molecule has 3 rings (SSSR count). The van der Waals surface area contributed by atoms with Crippen molar-refractivity contribution in [1.29, 1.82) is 0 Å². The third-order valence-electron chi connectivity index (χ3n) is 3.76. The van der Waals surface area contributed by atoms with Crippen LogP contribution in [-0.2, 0) is 4.74 Å². The van der Waals surface area contributed by atoms with E-state index in [1.165, 1.54) is 12.8 Å². The number of benzene rings is 1. The Bertz CT molecular complexity index is 421. The number of nitrogens with one attached hydrogen (secondary N) is 2. The zero-order valence-electron chi connectivity index (χ0n) is 10.3. The Morgan fingerprint density at radius 2 is 2.11 bits per heavy atom. The van der Waals surface area contributed by atoms with Gasteiger partial charge in [-0.3, -0.25) is 5.32 Å². The van der Waals surface area contributed by atoms with E-state index in [0.29, 0.717) is 12.1 Å². The molecule has 2 N–H and O–H groups in total. The number of piperidine rings is 1. The van der Waals surface area contributed by atoms with E-state index in [1.54, 1.807) is 0 Å². The first-order valence-corrected chi connectivity index (χ1v) is 6.60. The molecule has 2 aliphatic rings. The monoisotopic (exact) mass is 246 g/mol. The molecule has 0 radical (unpaired) electrons. The molecule has 2 aliphatic heterocycles. The Morgan fingerprint density at radius 1 is 1.28 bits per heavy atom. The van der Waals surface area contributed by atoms with Crippen LogP contribution in [0.2, 0.25) is 0 Å². The third-order valence-corrected chi connectivity index (χ3v) is 3.76. The van der Waals surface area contributed by atoms with Gasteiger partial charge < -0.3 is 10.1 Å². The Morgan fingerprint density at radius 3 is 2.89 bits per heavy atom. The van der Waals surface area contributed by atoms with Gasteiger partial charge in [-0.25, -0.2) is 4.79 Å². The van der Waals surface area contributed by atoms with Gasteiger partial charge in [0.25, 0.3) is 0 Å². The van der Waals surface area contributed by atoms with Crippen molar-refractivity contribution in [1.82, 2.24) is 5.32 Å². The number of ether oxygens (including phenoxy) is 1. The molecule has 2 bridgehead atoms. The first-order valence-electron chi connectivity index (χ1n) is 6.60. The number of hydrogen-bond acceptors (Lipinski definition) is 3. The smallest absolute Gasteiger partial charge is 0.411 e. The van der Waals surface area contributed by atoms with Crippen molar-refractivity contribution in [2.45, 2.75) is 43.9 Å². The maximum Gasteiger partial charge on any atom is 0.411 e. The summed E-state index contributed by atoms with van der Waals surface area (Å²) in [6.45, 7) is 0. The lowest BCUT2D eigenvalue weighted by atomic mass is 10.1. The summed E-state index contributed by atoms with van der Waals surface area (Å²) < 4.78 is 5.52. The molecule has 96 valence electrons. The molecule has 2 heterocycles. The van der Waals surface area contributed by atoms with Crippen LogP contribution in [0.3, 0.4) is 0 Å². The molecule has 1 aromatic rings. The van der Waals surface area contributed by atoms with Crippen LogP contribution in [0.5, 0.6) is 0 Å². The number of amides is 1. The van der Waals surface area contributed by atoms with Crippen molar-refractivity contribution in [2.24, 2.45) is 0 Å². The number of fused-ring (bicyclic) bond motifs is 2. The van der Waals surface area contributed by atoms with Crippen LogP contribution in [0.15, 0.2) is 30.3 Å². The van der Waals surface area contributed by atoms with E-state index in [-0.39, 0.29) is 12.2 Å². The summed E-state index contributed by atoms with van der Waals surface area (Å²) >= 11 is 0. The molecular weight excluding hydrogens is 228 g/mol. The second-order valence-corrected chi connectivity index (χ2v) is 5.07. The molecule has 2 fully saturated rings. The minimum absolute atomic E-state index is 0.0289. The van der Waals surface area contributed by atoms with E-state index in [2.05, 4.69) is 10.6 Å². The van der Waals surface area contributed by atoms with E-state index in [1.807, 2.05) is 30.3 Å². The van der Waals surface area contributed by atoms with Crippen LogP contribution in [0, 0.1) is 0 Å². The Hall–Kier alpha value is -1.55. The first-order chi connectivity index (χ1) is 8.81. The van der Waals surface area contributed by atoms with Gasteiger partial charge in [-0.1, -0.05) is 24.6 Å². The van der Waals surface area contributed by atoms with Crippen LogP contribution in [0.25, 0.3) is 0 Å². The summed E-state index contributed by atoms with van der Waals surface area (Å²) in [7, 11) is 0. The molecule has 0 unspecified atom stereocenters. The number of anilines is 1. The highest BCUT2D eigenvalue weighted by Crippen LogP contribution is 2.29. The van der Waals surface area contributed by atoms with Crippen molar-refractivity contribution in [3.8, 4) is 0 Å². The highest BCUT2D eigenvalue weighted by atomic mass is 16.6. The fourth-order valence-corrected chi connectivity index (χ4v) is 2.91. The summed E-state index contributed by atoms with van der Waals surface area (Å²) in [5, 5.41) is 6.26. The van der Waals surface area contributed by atoms with Crippen LogP contribution < -0.4 is 10.6 Å². The van der Waals surface area contributed by atoms with Gasteiger partial charge in [0.15, 0.2) is 0 Å². The summed E-state index contributed by atoms with van der Waals surface area (Å²) in [5.41, 5.74) is 0.774. The van der Waals surface area contributed by atoms with Gasteiger partial charge in [-0.15, -0.1) is 0 Å². The molecule has 4 heteroatoms. The first kappa shape index (κ1) is 11.5. The normalized spacial score (nSPS) is 29.9. The average molecular weight is 246 g/mol. The lowest BCUT2D eigenvalue weighted by molar-refractivity contribution is 0.101. The summed E-state index contributed by atoms with van der Waals surface area (Å²) in [6.07, 6.45) is 4.19. The molecule has 0 saturated carbocycles. The molecule has 18 heavy (non-hydrogen) atoms. The Balaban J connectivity index is 1.55. The zero-order chi connectivity index (χ0) is 12.4. The molecule has 0 aliphatic carbocycles. The Labute approximate surface area is 107 Å². The molecular formula is C14H18N2O2. The quantitative estimate of drug-likeness (QED) is 0.843. The minimum atomic E-state index is -0.347. The highest BCUT2D eigenvalue weighted by molar-refractivity contribution is 5.84. The fraction of sp³-hybridized carbons (Fsp3) is 0.500. The fourth-order valence-electron chi connectivity index (χ4n) is 2.91. The molecule has 2 saturated heterocycles. The van der Waals surface area contributed by atoms with Gasteiger partial charge in [0.2, 0.25) is 0 Å². The largest absolute Gasteiger partial charge is 0.444 e. The summed E-state index contributed by atoms with van der Waals surface area (Å²) in [5.74, 6) is 0. The molecule has 3 atom stereocenters. The standard InChI is InChI=1S/C14H18N2O2/c17-14(16-10-5-2-1-3-6-10)18-13-9-11-7-4-8-12(13)15-11/h1-3,5-6,11-13,15H,4,7-9H2,(H,16,17)/t11-,12+,13-/m0/s1. The number of rotatable bonds is 2. The Kier molecular flexibility index (Phi) is 3.19. The van der Waals surface area contributed by atoms with E-state index in [9.17, 15) is 4.79 Å². The zero-order valence-corrected chi connectivity index (χ0v) is 10.3. The van der Waals surface area contributed by atoms with Crippen LogP contribution in [0.4, 0.5) is 10.5 Å². The maximum absolute atomic E-state index is 11.8. The van der Waals surface area contributed by atoms with Crippen molar-refractivity contribution in [3.05, 3.63) is 30.3 Å². The summed E-state index contributed by atoms with van der Waals surface area (Å²) in [6, 6.07) is 10.3. The van der Waals surface area contributed by atoms with E-state index in [4.69, 9.17) is 4.74 Å². The average Bonchev–Trinajstić information content (AvgIpc) is 2.65. The van der Waals surface area contributed by atoms with Crippen LogP contribution >= 0.6 is 0 Å². The van der Waals surface area contributed by atoms with Gasteiger partial charge in [0, 0.05) is 24.2 Å². The topological polar surface area (TPSA) is 50.4 Å². The van der Waals surface area contributed by atoms with Crippen molar-refractivity contribution >= 4 is 11.8 Å². The van der Waals surface area contributed by atoms with Crippen LogP contribution in [-0.4, -0.2) is 24.3 Å². The molecule has 4 nitrogen and oxygen atoms in total. The number of para-hydroxylation sites is 1. The SMILES string of the molecule is O=C(Nc1ccccc1)O[C@H]1C[C@@H]2CCC[C@H]1N2. The van der Waals surface area contributed by atoms with Crippen molar-refractivity contribution < 1.29 is 9.53 Å². The molecule has 1 amide bonds. The predicted octanol–water partition coefficient (Wildman–Crippen LogP) is 2.52. The van der Waals surface area contributed by atoms with Gasteiger partial charge in [0.1, 0.15) is 6.10 Å². The van der Waals surface area contributed by atoms with Crippen molar-refractivity contribution in [2.75, 3.05) is 5.32 Å². The van der Waals surface area contributed by atoms with Crippen molar-refractivity contribution in [3.63, 3.8) is 0 Å². The summed E-state index contributed by atoms with van der Waals surface area (Å²) in [4.78, 5) is 11.8. The number of carbonyl (C=O) groups is 1. The second kappa shape index (κ2) is 4.98. The van der Waals surface area contributed by atoms with Crippen LogP contribution in [0.1, 0.15) is 25.7 Å². The van der Waals surface area contributed by atoms with Gasteiger partial charge >= 0.3 is 6.09 Å². The van der Waals surface area contributed by atoms with E-state index in [0.717, 1.165) is 18.5 Å². The minimum Gasteiger partial charge on any atom is -0.444 e. The number of hydrogen-bond donors (Lipinski definition) is 2. The highest BCUT2D eigenvalue weighted by Gasteiger charge is 2.38. The third kappa shape index (κ3) is 2.48. The molecule has 0 spiro atoms.